The van der Waals surface area contributed by atoms with E-state index in [4.69, 9.17) is 9.47 Å². The van der Waals surface area contributed by atoms with Crippen LogP contribution in [-0.4, -0.2) is 51.3 Å². The summed E-state index contributed by atoms with van der Waals surface area (Å²) in [7, 11) is 1.68. The Labute approximate surface area is 133 Å². The molecule has 0 bridgehead atoms. The van der Waals surface area contributed by atoms with Crippen LogP contribution in [0.5, 0.6) is 11.5 Å². The zero-order valence-electron chi connectivity index (χ0n) is 12.6. The molecule has 2 heterocycles. The number of hydrogen-bond donors (Lipinski definition) is 1. The van der Waals surface area contributed by atoms with E-state index in [-0.39, 0.29) is 12.4 Å². The molecule has 5 heteroatoms. The minimum Gasteiger partial charge on any atom is -0.493 e. The molecule has 21 heavy (non-hydrogen) atoms. The molecule has 0 aromatic heterocycles. The van der Waals surface area contributed by atoms with Gasteiger partial charge >= 0.3 is 0 Å². The molecule has 118 valence electrons. The Hall–Kier alpha value is -0.970. The normalized spacial score (nSPS) is 25.0. The summed E-state index contributed by atoms with van der Waals surface area (Å²) in [5.74, 6) is 1.65. The van der Waals surface area contributed by atoms with Crippen LogP contribution in [0.25, 0.3) is 0 Å². The van der Waals surface area contributed by atoms with Crippen LogP contribution in [0.4, 0.5) is 0 Å². The van der Waals surface area contributed by atoms with Crippen LogP contribution < -0.4 is 14.8 Å². The van der Waals surface area contributed by atoms with Gasteiger partial charge in [0.25, 0.3) is 0 Å². The minimum absolute atomic E-state index is 0. The Morgan fingerprint density at radius 1 is 1.24 bits per heavy atom. The number of halogens is 1. The van der Waals surface area contributed by atoms with E-state index in [2.05, 4.69) is 10.2 Å². The number of ether oxygens (including phenoxy) is 2. The molecule has 1 unspecified atom stereocenters. The Balaban J connectivity index is 0.00000161. The maximum absolute atomic E-state index is 5.86. The van der Waals surface area contributed by atoms with Gasteiger partial charge < -0.3 is 14.8 Å². The quantitative estimate of drug-likeness (QED) is 0.903. The minimum atomic E-state index is 0. The first kappa shape index (κ1) is 16.4. The van der Waals surface area contributed by atoms with Crippen molar-refractivity contribution in [1.29, 1.82) is 0 Å². The van der Waals surface area contributed by atoms with Crippen LogP contribution in [0.1, 0.15) is 12.8 Å². The third kappa shape index (κ3) is 3.82. The van der Waals surface area contributed by atoms with Gasteiger partial charge in [0.05, 0.1) is 7.11 Å². The second-order valence-electron chi connectivity index (χ2n) is 5.95. The van der Waals surface area contributed by atoms with Gasteiger partial charge in [-0.05, 0) is 43.5 Å². The van der Waals surface area contributed by atoms with Crippen LogP contribution in [0.15, 0.2) is 24.3 Å². The van der Waals surface area contributed by atoms with Gasteiger partial charge in [0, 0.05) is 19.6 Å². The standard InChI is InChI=1S/C16H24N2O2.ClH/c1-19-14-4-2-3-5-15(14)20-11-10-18-9-7-16(13-18)6-8-17-12-16;/h2-5,17H,6-13H2,1H3;1H. The molecule has 0 saturated carbocycles. The van der Waals surface area contributed by atoms with Gasteiger partial charge in [-0.2, -0.15) is 0 Å². The lowest BCUT2D eigenvalue weighted by atomic mass is 9.87. The summed E-state index contributed by atoms with van der Waals surface area (Å²) in [5, 5.41) is 3.50. The van der Waals surface area contributed by atoms with Crippen molar-refractivity contribution in [2.45, 2.75) is 12.8 Å². The first-order valence-corrected chi connectivity index (χ1v) is 7.50. The Morgan fingerprint density at radius 3 is 2.76 bits per heavy atom. The fraction of sp³-hybridized carbons (Fsp3) is 0.625. The number of para-hydroxylation sites is 2. The van der Waals surface area contributed by atoms with E-state index in [0.717, 1.165) is 24.7 Å². The van der Waals surface area contributed by atoms with Crippen LogP contribution in [0.3, 0.4) is 0 Å². The van der Waals surface area contributed by atoms with Crippen molar-refractivity contribution in [3.05, 3.63) is 24.3 Å². The lowest BCUT2D eigenvalue weighted by molar-refractivity contribution is 0.212. The molecule has 2 saturated heterocycles. The number of benzene rings is 1. The van der Waals surface area contributed by atoms with Gasteiger partial charge in [0.2, 0.25) is 0 Å². The molecule has 3 rings (SSSR count). The molecule has 1 spiro atoms. The van der Waals surface area contributed by atoms with Crippen LogP contribution in [-0.2, 0) is 0 Å². The van der Waals surface area contributed by atoms with E-state index in [1.165, 1.54) is 39.0 Å². The first-order chi connectivity index (χ1) is 9.81. The predicted octanol–water partition coefficient (Wildman–Crippen LogP) is 2.18. The summed E-state index contributed by atoms with van der Waals surface area (Å²) in [4.78, 5) is 2.53. The lowest BCUT2D eigenvalue weighted by Crippen LogP contribution is -2.31. The maximum atomic E-state index is 5.86. The fourth-order valence-electron chi connectivity index (χ4n) is 3.39. The topological polar surface area (TPSA) is 33.7 Å². The molecule has 0 aliphatic carbocycles. The number of nitrogens with zero attached hydrogens (tertiary/aromatic N) is 1. The zero-order valence-corrected chi connectivity index (χ0v) is 13.5. The maximum Gasteiger partial charge on any atom is 0.161 e. The van der Waals surface area contributed by atoms with Crippen LogP contribution >= 0.6 is 12.4 Å². The summed E-state index contributed by atoms with van der Waals surface area (Å²) in [5.41, 5.74) is 0.546. The lowest BCUT2D eigenvalue weighted by Gasteiger charge is -2.22. The van der Waals surface area contributed by atoms with E-state index < -0.39 is 0 Å². The monoisotopic (exact) mass is 312 g/mol. The summed E-state index contributed by atoms with van der Waals surface area (Å²) in [6.07, 6.45) is 2.66. The first-order valence-electron chi connectivity index (χ1n) is 7.50. The molecule has 2 aliphatic heterocycles. The fourth-order valence-corrected chi connectivity index (χ4v) is 3.39. The average molecular weight is 313 g/mol. The second kappa shape index (κ2) is 7.34. The van der Waals surface area contributed by atoms with Crippen molar-refractivity contribution >= 4 is 12.4 Å². The molecular formula is C16H25ClN2O2. The highest BCUT2D eigenvalue weighted by molar-refractivity contribution is 5.85. The van der Waals surface area contributed by atoms with Crippen molar-refractivity contribution in [3.8, 4) is 11.5 Å². The van der Waals surface area contributed by atoms with Gasteiger partial charge in [-0.1, -0.05) is 12.1 Å². The third-order valence-electron chi connectivity index (χ3n) is 4.58. The van der Waals surface area contributed by atoms with Gasteiger partial charge in [0.1, 0.15) is 6.61 Å². The van der Waals surface area contributed by atoms with Crippen molar-refractivity contribution in [2.24, 2.45) is 5.41 Å². The average Bonchev–Trinajstić information content (AvgIpc) is 3.10. The molecular weight excluding hydrogens is 288 g/mol. The number of hydrogen-bond acceptors (Lipinski definition) is 4. The highest BCUT2D eigenvalue weighted by Gasteiger charge is 2.39. The smallest absolute Gasteiger partial charge is 0.161 e. The van der Waals surface area contributed by atoms with Gasteiger partial charge in [0.15, 0.2) is 11.5 Å². The van der Waals surface area contributed by atoms with Crippen molar-refractivity contribution < 1.29 is 9.47 Å². The van der Waals surface area contributed by atoms with Gasteiger partial charge in [-0.15, -0.1) is 12.4 Å². The molecule has 2 fully saturated rings. The Kier molecular flexibility index (Phi) is 5.73. The molecule has 1 N–H and O–H groups in total. The number of methoxy groups -OCH3 is 1. The van der Waals surface area contributed by atoms with E-state index >= 15 is 0 Å². The Morgan fingerprint density at radius 2 is 2.05 bits per heavy atom. The number of likely N-dealkylation sites (tertiary alicyclic amines) is 1. The highest BCUT2D eigenvalue weighted by Crippen LogP contribution is 2.35. The van der Waals surface area contributed by atoms with Crippen molar-refractivity contribution in [3.63, 3.8) is 0 Å². The largest absolute Gasteiger partial charge is 0.493 e. The summed E-state index contributed by atoms with van der Waals surface area (Å²) < 4.78 is 11.2. The Bertz CT molecular complexity index is 450. The van der Waals surface area contributed by atoms with Crippen molar-refractivity contribution in [1.82, 2.24) is 10.2 Å². The molecule has 1 aromatic rings. The molecule has 1 atom stereocenters. The molecule has 4 nitrogen and oxygen atoms in total. The zero-order chi connectivity index (χ0) is 13.8. The van der Waals surface area contributed by atoms with Crippen LogP contribution in [0, 0.1) is 5.41 Å². The summed E-state index contributed by atoms with van der Waals surface area (Å²) in [6, 6.07) is 7.84. The molecule has 0 amide bonds. The van der Waals surface area contributed by atoms with Crippen molar-refractivity contribution in [2.75, 3.05) is 46.4 Å². The molecule has 0 radical (unpaired) electrons. The van der Waals surface area contributed by atoms with E-state index in [1.807, 2.05) is 24.3 Å². The number of rotatable bonds is 5. The van der Waals surface area contributed by atoms with E-state index in [1.54, 1.807) is 7.11 Å². The van der Waals surface area contributed by atoms with E-state index in [9.17, 15) is 0 Å². The highest BCUT2D eigenvalue weighted by atomic mass is 35.5. The summed E-state index contributed by atoms with van der Waals surface area (Å²) >= 11 is 0. The second-order valence-corrected chi connectivity index (χ2v) is 5.95. The molecule has 1 aromatic carbocycles. The van der Waals surface area contributed by atoms with Crippen LogP contribution in [0.2, 0.25) is 0 Å². The van der Waals surface area contributed by atoms with E-state index in [0.29, 0.717) is 5.41 Å². The third-order valence-corrected chi connectivity index (χ3v) is 4.58. The number of nitrogens with one attached hydrogen (secondary N) is 1. The van der Waals surface area contributed by atoms with Gasteiger partial charge in [-0.25, -0.2) is 0 Å². The SMILES string of the molecule is COc1ccccc1OCCN1CCC2(CCNC2)C1.Cl. The molecule has 2 aliphatic rings. The predicted molar refractivity (Wildman–Crippen MR) is 86.7 cm³/mol. The summed E-state index contributed by atoms with van der Waals surface area (Å²) in [6.45, 7) is 6.53. The van der Waals surface area contributed by atoms with Gasteiger partial charge in [-0.3, -0.25) is 4.90 Å².